The largest absolute Gasteiger partial charge is 0.434 e. The molecule has 10 heavy (non-hydrogen) atoms. The predicted octanol–water partition coefficient (Wildman–Crippen LogP) is 1.05. The maximum absolute atomic E-state index is 10.2. The number of carbonyl (C=O) groups is 1. The van der Waals surface area contributed by atoms with Crippen molar-refractivity contribution in [1.29, 1.82) is 0 Å². The fourth-order valence-electron chi connectivity index (χ4n) is 0.555. The van der Waals surface area contributed by atoms with Crippen LogP contribution in [0, 0.1) is 6.92 Å². The summed E-state index contributed by atoms with van der Waals surface area (Å²) in [6.07, 6.45) is 0.561. The summed E-state index contributed by atoms with van der Waals surface area (Å²) in [6, 6.07) is 1.68. The van der Waals surface area contributed by atoms with Crippen LogP contribution in [0.4, 0.5) is 4.79 Å². The van der Waals surface area contributed by atoms with E-state index in [0.29, 0.717) is 0 Å². The highest BCUT2D eigenvalue weighted by molar-refractivity contribution is 5.67. The van der Waals surface area contributed by atoms with E-state index in [1.165, 1.54) is 6.26 Å². The number of carbonyl (C=O) groups excluding carboxylic acids is 1. The molecule has 4 heteroatoms. The number of hydrogen-bond acceptors (Lipinski definition) is 3. The standard InChI is InChI=1S/C6H7NO3/c1-4-2-3-9-5(4)10-6(7)8/h2-3H,1H3,(H2,7,8). The molecule has 0 aliphatic rings. The fourth-order valence-corrected chi connectivity index (χ4v) is 0.555. The summed E-state index contributed by atoms with van der Waals surface area (Å²) in [5.74, 6) is 0.160. The first-order valence-corrected chi connectivity index (χ1v) is 2.71. The Morgan fingerprint density at radius 1 is 1.80 bits per heavy atom. The molecule has 0 bridgehead atoms. The maximum Gasteiger partial charge on any atom is 0.412 e. The molecule has 0 atom stereocenters. The van der Waals surface area contributed by atoms with E-state index in [9.17, 15) is 4.79 Å². The number of furan rings is 1. The zero-order valence-electron chi connectivity index (χ0n) is 5.46. The summed E-state index contributed by atoms with van der Waals surface area (Å²) < 4.78 is 9.21. The second-order valence-electron chi connectivity index (χ2n) is 1.81. The van der Waals surface area contributed by atoms with Gasteiger partial charge >= 0.3 is 6.09 Å². The Morgan fingerprint density at radius 3 is 2.90 bits per heavy atom. The van der Waals surface area contributed by atoms with Crippen LogP contribution >= 0.6 is 0 Å². The van der Waals surface area contributed by atoms with Gasteiger partial charge in [0.05, 0.1) is 6.26 Å². The molecule has 1 heterocycles. The quantitative estimate of drug-likeness (QED) is 0.635. The summed E-state index contributed by atoms with van der Waals surface area (Å²) in [5, 5.41) is 0. The molecule has 1 amide bonds. The molecule has 0 fully saturated rings. The van der Waals surface area contributed by atoms with E-state index >= 15 is 0 Å². The number of primary amides is 1. The Balaban J connectivity index is 2.74. The van der Waals surface area contributed by atoms with Crippen molar-refractivity contribution in [3.63, 3.8) is 0 Å². The first-order chi connectivity index (χ1) is 4.70. The number of nitrogens with two attached hydrogens (primary N) is 1. The molecule has 1 aromatic rings. The van der Waals surface area contributed by atoms with Crippen LogP contribution in [0.25, 0.3) is 0 Å². The van der Waals surface area contributed by atoms with Crippen LogP contribution in [0.3, 0.4) is 0 Å². The lowest BCUT2D eigenvalue weighted by atomic mass is 10.4. The normalized spacial score (nSPS) is 9.30. The minimum absolute atomic E-state index is 0.160. The topological polar surface area (TPSA) is 65.5 Å². The van der Waals surface area contributed by atoms with Gasteiger partial charge in [0.1, 0.15) is 0 Å². The van der Waals surface area contributed by atoms with E-state index in [0.717, 1.165) is 5.56 Å². The smallest absolute Gasteiger partial charge is 0.412 e. The lowest BCUT2D eigenvalue weighted by Crippen LogP contribution is -2.16. The van der Waals surface area contributed by atoms with E-state index in [1.807, 2.05) is 0 Å². The third-order valence-corrected chi connectivity index (χ3v) is 1.01. The van der Waals surface area contributed by atoms with Crippen LogP contribution in [0.1, 0.15) is 5.56 Å². The molecule has 0 unspecified atom stereocenters. The van der Waals surface area contributed by atoms with Crippen molar-refractivity contribution >= 4 is 6.09 Å². The predicted molar refractivity (Wildman–Crippen MR) is 33.7 cm³/mol. The molecule has 0 saturated carbocycles. The van der Waals surface area contributed by atoms with Crippen LogP contribution in [-0.2, 0) is 0 Å². The van der Waals surface area contributed by atoms with Gasteiger partial charge in [0.25, 0.3) is 5.95 Å². The number of ether oxygens (including phenoxy) is 1. The van der Waals surface area contributed by atoms with Gasteiger partial charge in [-0.25, -0.2) is 4.79 Å². The molecule has 0 aliphatic heterocycles. The summed E-state index contributed by atoms with van der Waals surface area (Å²) in [7, 11) is 0. The minimum Gasteiger partial charge on any atom is -0.434 e. The van der Waals surface area contributed by atoms with Gasteiger partial charge in [-0.3, -0.25) is 0 Å². The molecule has 1 aromatic heterocycles. The average molecular weight is 141 g/mol. The third-order valence-electron chi connectivity index (χ3n) is 1.01. The number of hydrogen-bond donors (Lipinski definition) is 1. The van der Waals surface area contributed by atoms with E-state index in [4.69, 9.17) is 10.2 Å². The van der Waals surface area contributed by atoms with Crippen molar-refractivity contribution in [3.8, 4) is 5.95 Å². The van der Waals surface area contributed by atoms with Crippen LogP contribution in [0.5, 0.6) is 5.95 Å². The highest BCUT2D eigenvalue weighted by atomic mass is 16.6. The van der Waals surface area contributed by atoms with Crippen molar-refractivity contribution in [2.45, 2.75) is 6.92 Å². The van der Waals surface area contributed by atoms with Gasteiger partial charge in [0.15, 0.2) is 0 Å². The fraction of sp³-hybridized carbons (Fsp3) is 0.167. The molecular formula is C6H7NO3. The van der Waals surface area contributed by atoms with Gasteiger partial charge in [-0.1, -0.05) is 0 Å². The molecule has 54 valence electrons. The van der Waals surface area contributed by atoms with Crippen LogP contribution in [-0.4, -0.2) is 6.09 Å². The van der Waals surface area contributed by atoms with E-state index in [2.05, 4.69) is 4.74 Å². The monoisotopic (exact) mass is 141 g/mol. The van der Waals surface area contributed by atoms with Crippen molar-refractivity contribution in [2.24, 2.45) is 5.73 Å². The van der Waals surface area contributed by atoms with E-state index in [-0.39, 0.29) is 5.95 Å². The van der Waals surface area contributed by atoms with Gasteiger partial charge in [-0.15, -0.1) is 0 Å². The number of rotatable bonds is 1. The van der Waals surface area contributed by atoms with Gasteiger partial charge in [-0.2, -0.15) is 0 Å². The first kappa shape index (κ1) is 6.67. The molecule has 4 nitrogen and oxygen atoms in total. The molecule has 0 spiro atoms. The molecule has 0 saturated heterocycles. The zero-order chi connectivity index (χ0) is 7.56. The Labute approximate surface area is 57.6 Å². The van der Waals surface area contributed by atoms with Gasteiger partial charge < -0.3 is 14.9 Å². The summed E-state index contributed by atoms with van der Waals surface area (Å²) in [6.45, 7) is 1.75. The van der Waals surface area contributed by atoms with Gasteiger partial charge in [0, 0.05) is 5.56 Å². The molecule has 0 aliphatic carbocycles. The van der Waals surface area contributed by atoms with Crippen molar-refractivity contribution in [3.05, 3.63) is 17.9 Å². The zero-order valence-corrected chi connectivity index (χ0v) is 5.46. The van der Waals surface area contributed by atoms with Crippen LogP contribution in [0.15, 0.2) is 16.7 Å². The number of amides is 1. The van der Waals surface area contributed by atoms with E-state index in [1.54, 1.807) is 13.0 Å². The van der Waals surface area contributed by atoms with Crippen molar-refractivity contribution in [1.82, 2.24) is 0 Å². The molecule has 2 N–H and O–H groups in total. The second kappa shape index (κ2) is 2.43. The molecular weight excluding hydrogens is 134 g/mol. The summed E-state index contributed by atoms with van der Waals surface area (Å²) in [5.41, 5.74) is 5.48. The maximum atomic E-state index is 10.2. The SMILES string of the molecule is Cc1ccoc1OC(N)=O. The Morgan fingerprint density at radius 2 is 2.50 bits per heavy atom. The minimum atomic E-state index is -0.863. The molecule has 0 radical (unpaired) electrons. The Bertz CT molecular complexity index is 241. The lowest BCUT2D eigenvalue weighted by Gasteiger charge is -1.94. The van der Waals surface area contributed by atoms with Crippen LogP contribution in [0.2, 0.25) is 0 Å². The van der Waals surface area contributed by atoms with Gasteiger partial charge in [0.2, 0.25) is 0 Å². The first-order valence-electron chi connectivity index (χ1n) is 2.71. The van der Waals surface area contributed by atoms with Crippen molar-refractivity contribution in [2.75, 3.05) is 0 Å². The van der Waals surface area contributed by atoms with Crippen molar-refractivity contribution < 1.29 is 13.9 Å². The Hall–Kier alpha value is -1.45. The average Bonchev–Trinajstić information content (AvgIpc) is 2.15. The summed E-state index contributed by atoms with van der Waals surface area (Å²) >= 11 is 0. The second-order valence-corrected chi connectivity index (χ2v) is 1.81. The summed E-state index contributed by atoms with van der Waals surface area (Å²) in [4.78, 5) is 10.2. The lowest BCUT2D eigenvalue weighted by molar-refractivity contribution is 0.197. The van der Waals surface area contributed by atoms with Gasteiger partial charge in [-0.05, 0) is 13.0 Å². The molecule has 0 aromatic carbocycles. The number of aryl methyl sites for hydroxylation is 1. The van der Waals surface area contributed by atoms with E-state index < -0.39 is 6.09 Å². The molecule has 1 rings (SSSR count). The Kier molecular flexibility index (Phi) is 1.62. The highest BCUT2D eigenvalue weighted by Gasteiger charge is 2.04. The highest BCUT2D eigenvalue weighted by Crippen LogP contribution is 2.17. The van der Waals surface area contributed by atoms with Crippen LogP contribution < -0.4 is 10.5 Å². The third kappa shape index (κ3) is 1.28.